The van der Waals surface area contributed by atoms with Gasteiger partial charge in [-0.25, -0.2) is 7.85 Å². The molecule has 1 aliphatic rings. The molecule has 1 saturated heterocycles. The first-order chi connectivity index (χ1) is 8.84. The van der Waals surface area contributed by atoms with Gasteiger partial charge >= 0.3 is 0 Å². The van der Waals surface area contributed by atoms with E-state index in [-0.39, 0.29) is 4.90 Å². The molecule has 2 N–H and O–H groups in total. The average Bonchev–Trinajstić information content (AvgIpc) is 2.26. The van der Waals surface area contributed by atoms with Crippen LogP contribution in [0, 0.1) is 0 Å². The first-order valence-electron chi connectivity index (χ1n) is 5.25. The van der Waals surface area contributed by atoms with Gasteiger partial charge in [0.15, 0.2) is 0 Å². The molecular weight excluding hydrogens is 404 g/mol. The number of nitrogens with one attached hydrogen (secondary N) is 1. The van der Waals surface area contributed by atoms with Crippen LogP contribution in [-0.4, -0.2) is 45.8 Å². The Hall–Kier alpha value is -0.230. The summed E-state index contributed by atoms with van der Waals surface area (Å²) in [6.07, 6.45) is 0. The summed E-state index contributed by atoms with van der Waals surface area (Å²) in [6.45, 7) is 2.05. The fourth-order valence-corrected chi connectivity index (χ4v) is 3.49. The van der Waals surface area contributed by atoms with E-state index in [0.29, 0.717) is 13.3 Å². The monoisotopic (exact) mass is 414 g/mol. The van der Waals surface area contributed by atoms with Crippen LogP contribution in [0.15, 0.2) is 29.2 Å². The van der Waals surface area contributed by atoms with Crippen LogP contribution in [0.2, 0.25) is 0 Å². The Morgan fingerprint density at radius 1 is 1.05 bits per heavy atom. The second-order valence-electron chi connectivity index (χ2n) is 4.00. The molecule has 19 heavy (non-hydrogen) atoms. The van der Waals surface area contributed by atoms with Crippen LogP contribution < -0.4 is 5.43 Å². The zero-order valence-corrected chi connectivity index (χ0v) is 13.7. The molecule has 1 aromatic carbocycles. The Morgan fingerprint density at radius 2 is 1.58 bits per heavy atom. The number of rotatable bonds is 3. The zero-order chi connectivity index (χ0) is 14.0. The minimum Gasteiger partial charge on any atom is -0.316 e. The van der Waals surface area contributed by atoms with Crippen molar-refractivity contribution in [3.05, 3.63) is 24.3 Å². The van der Waals surface area contributed by atoms with E-state index in [0.717, 1.165) is 12.4 Å². The van der Waals surface area contributed by atoms with E-state index in [1.54, 1.807) is 12.1 Å². The van der Waals surface area contributed by atoms with Gasteiger partial charge in [-0.1, -0.05) is 0 Å². The Labute approximate surface area is 128 Å². The Bertz CT molecular complexity index is 529. The molecule has 1 fully saturated rings. The van der Waals surface area contributed by atoms with Gasteiger partial charge in [0.05, 0.1) is 24.9 Å². The average molecular weight is 416 g/mol. The molecule has 0 spiro atoms. The largest absolute Gasteiger partial charge is 0.316 e. The Balaban J connectivity index is 2.03. The van der Waals surface area contributed by atoms with Crippen LogP contribution in [0.3, 0.4) is 0 Å². The molecule has 10 heteroatoms. The molecule has 2 rings (SSSR count). The lowest BCUT2D eigenvalue weighted by atomic mass is 10.3. The molecule has 106 valence electrons. The van der Waals surface area contributed by atoms with E-state index in [1.807, 2.05) is 12.9 Å². The van der Waals surface area contributed by atoms with Crippen molar-refractivity contribution in [2.24, 2.45) is 0 Å². The normalized spacial score (nSPS) is 19.5. The highest BCUT2D eigenvalue weighted by Crippen LogP contribution is 2.18. The number of halogens is 2. The molecule has 0 radical (unpaired) electrons. The summed E-state index contributed by atoms with van der Waals surface area (Å²) < 4.78 is 34.5. The van der Waals surface area contributed by atoms with Crippen molar-refractivity contribution in [2.75, 3.05) is 25.4 Å². The first-order valence-corrected chi connectivity index (χ1v) is 8.11. The highest BCUT2D eigenvalue weighted by Gasteiger charge is 2.20. The molecule has 0 saturated carbocycles. The van der Waals surface area contributed by atoms with Crippen molar-refractivity contribution in [3.8, 4) is 0 Å². The zero-order valence-electron chi connectivity index (χ0n) is 9.70. The standard InChI is InChI=1S/C9H12Br2N4O3S/c10-13-5-14(11)7-15(6-13)12-8-1-3-9(4-2-8)19(16,17)18/h1-4,12H,5-7H2,(H,16,17,18). The summed E-state index contributed by atoms with van der Waals surface area (Å²) in [5, 5.41) is 1.91. The van der Waals surface area contributed by atoms with Crippen molar-refractivity contribution in [3.63, 3.8) is 0 Å². The molecule has 7 nitrogen and oxygen atoms in total. The number of nitrogens with zero attached hydrogens (tertiary/aromatic N) is 3. The second kappa shape index (κ2) is 6.04. The summed E-state index contributed by atoms with van der Waals surface area (Å²) in [5.41, 5.74) is 3.87. The van der Waals surface area contributed by atoms with Crippen molar-refractivity contribution >= 4 is 48.1 Å². The fourth-order valence-electron chi connectivity index (χ4n) is 1.63. The van der Waals surface area contributed by atoms with Crippen LogP contribution in [0.5, 0.6) is 0 Å². The third kappa shape index (κ3) is 4.38. The lowest BCUT2D eigenvalue weighted by molar-refractivity contribution is 0.109. The number of hydrazine groups is 1. The second-order valence-corrected chi connectivity index (χ2v) is 7.43. The van der Waals surface area contributed by atoms with Crippen LogP contribution in [0.4, 0.5) is 5.69 Å². The number of benzene rings is 1. The predicted molar refractivity (Wildman–Crippen MR) is 77.9 cm³/mol. The van der Waals surface area contributed by atoms with Gasteiger partial charge in [-0.15, -0.1) is 0 Å². The van der Waals surface area contributed by atoms with Crippen LogP contribution in [0.1, 0.15) is 0 Å². The summed E-state index contributed by atoms with van der Waals surface area (Å²) in [5.74, 6) is 0. The maximum atomic E-state index is 10.9. The van der Waals surface area contributed by atoms with Crippen molar-refractivity contribution in [1.29, 1.82) is 0 Å². The summed E-state index contributed by atoms with van der Waals surface area (Å²) in [7, 11) is -4.14. The molecular formula is C9H12Br2N4O3S. The minimum atomic E-state index is -4.14. The van der Waals surface area contributed by atoms with Crippen molar-refractivity contribution < 1.29 is 13.0 Å². The number of hydrogen-bond donors (Lipinski definition) is 2. The van der Waals surface area contributed by atoms with Gasteiger partial charge in [0.25, 0.3) is 10.1 Å². The molecule has 1 heterocycles. The number of hydrogen-bond acceptors (Lipinski definition) is 6. The van der Waals surface area contributed by atoms with E-state index in [2.05, 4.69) is 37.7 Å². The van der Waals surface area contributed by atoms with Gasteiger partial charge in [0, 0.05) is 38.0 Å². The molecule has 1 aromatic rings. The predicted octanol–water partition coefficient (Wildman–Crippen LogP) is 1.67. The maximum absolute atomic E-state index is 10.9. The third-order valence-corrected chi connectivity index (χ3v) is 4.16. The van der Waals surface area contributed by atoms with Crippen LogP contribution in [-0.2, 0) is 10.1 Å². The van der Waals surface area contributed by atoms with E-state index >= 15 is 0 Å². The Kier molecular flexibility index (Phi) is 4.82. The summed E-state index contributed by atoms with van der Waals surface area (Å²) in [6, 6.07) is 5.88. The van der Waals surface area contributed by atoms with Crippen LogP contribution in [0.25, 0.3) is 0 Å². The van der Waals surface area contributed by atoms with Gasteiger partial charge in [-0.05, 0) is 24.3 Å². The van der Waals surface area contributed by atoms with Gasteiger partial charge in [-0.2, -0.15) is 13.4 Å². The molecule has 0 aromatic heterocycles. The van der Waals surface area contributed by atoms with Gasteiger partial charge in [0.1, 0.15) is 0 Å². The topological polar surface area (TPSA) is 76.1 Å². The quantitative estimate of drug-likeness (QED) is 0.574. The van der Waals surface area contributed by atoms with Crippen molar-refractivity contribution in [1.82, 2.24) is 12.9 Å². The van der Waals surface area contributed by atoms with E-state index < -0.39 is 10.1 Å². The highest BCUT2D eigenvalue weighted by molar-refractivity contribution is 9.08. The SMILES string of the molecule is O=S(=O)(O)c1ccc(NN2CN(Br)CN(Br)C2)cc1. The summed E-state index contributed by atoms with van der Waals surface area (Å²) in [4.78, 5) is -0.124. The van der Waals surface area contributed by atoms with Gasteiger partial charge in [-0.3, -0.25) is 4.55 Å². The van der Waals surface area contributed by atoms with Gasteiger partial charge in [0.2, 0.25) is 0 Å². The van der Waals surface area contributed by atoms with Crippen molar-refractivity contribution in [2.45, 2.75) is 4.90 Å². The fraction of sp³-hybridized carbons (Fsp3) is 0.333. The molecule has 0 bridgehead atoms. The maximum Gasteiger partial charge on any atom is 0.294 e. The van der Waals surface area contributed by atoms with Crippen LogP contribution >= 0.6 is 32.3 Å². The lowest BCUT2D eigenvalue weighted by Gasteiger charge is -2.36. The van der Waals surface area contributed by atoms with E-state index in [1.165, 1.54) is 12.1 Å². The van der Waals surface area contributed by atoms with E-state index in [9.17, 15) is 8.42 Å². The smallest absolute Gasteiger partial charge is 0.294 e. The highest BCUT2D eigenvalue weighted by atomic mass is 79.9. The lowest BCUT2D eigenvalue weighted by Crippen LogP contribution is -2.50. The summed E-state index contributed by atoms with van der Waals surface area (Å²) >= 11 is 6.78. The van der Waals surface area contributed by atoms with E-state index in [4.69, 9.17) is 4.55 Å². The third-order valence-electron chi connectivity index (χ3n) is 2.39. The molecule has 0 aliphatic carbocycles. The first kappa shape index (κ1) is 15.2. The number of anilines is 1. The molecule has 0 unspecified atom stereocenters. The molecule has 0 atom stereocenters. The Morgan fingerprint density at radius 3 is 2.05 bits per heavy atom. The molecule has 1 aliphatic heterocycles. The molecule has 0 amide bonds. The minimum absolute atomic E-state index is 0.124. The van der Waals surface area contributed by atoms with Gasteiger partial charge < -0.3 is 5.43 Å².